The van der Waals surface area contributed by atoms with Gasteiger partial charge in [-0.2, -0.15) is 0 Å². The van der Waals surface area contributed by atoms with E-state index in [4.69, 9.17) is 4.74 Å². The van der Waals surface area contributed by atoms with E-state index in [0.717, 1.165) is 22.5 Å². The van der Waals surface area contributed by atoms with Crippen molar-refractivity contribution in [1.82, 2.24) is 9.38 Å². The number of nitrogens with zero attached hydrogens (tertiary/aromatic N) is 3. The Bertz CT molecular complexity index is 1380. The van der Waals surface area contributed by atoms with Crippen molar-refractivity contribution in [3.63, 3.8) is 0 Å². The minimum Gasteiger partial charge on any atom is -0.494 e. The first-order valence-corrected chi connectivity index (χ1v) is 10.4. The van der Waals surface area contributed by atoms with Crippen molar-refractivity contribution >= 4 is 29.0 Å². The molecule has 2 aromatic carbocycles. The van der Waals surface area contributed by atoms with Crippen LogP contribution in [0.1, 0.15) is 15.9 Å². The zero-order chi connectivity index (χ0) is 24.4. The lowest BCUT2D eigenvalue weighted by Gasteiger charge is -2.19. The summed E-state index contributed by atoms with van der Waals surface area (Å²) in [6, 6.07) is 13.1. The van der Waals surface area contributed by atoms with Gasteiger partial charge in [0.15, 0.2) is 11.6 Å². The number of amides is 2. The van der Waals surface area contributed by atoms with Gasteiger partial charge in [-0.25, -0.2) is 14.2 Å². The van der Waals surface area contributed by atoms with Gasteiger partial charge in [0.25, 0.3) is 5.91 Å². The van der Waals surface area contributed by atoms with Crippen LogP contribution in [0, 0.1) is 12.7 Å². The van der Waals surface area contributed by atoms with Crippen LogP contribution in [0.15, 0.2) is 60.9 Å². The average molecular weight is 462 g/mol. The predicted octanol–water partition coefficient (Wildman–Crippen LogP) is 4.91. The third-order valence-electron chi connectivity index (χ3n) is 5.48. The predicted molar refractivity (Wildman–Crippen MR) is 127 cm³/mol. The molecule has 0 aliphatic heterocycles. The number of hydrogen-bond acceptors (Lipinski definition) is 5. The Labute approximate surface area is 195 Å². The number of pyridine rings is 1. The van der Waals surface area contributed by atoms with Crippen molar-refractivity contribution in [2.45, 2.75) is 6.92 Å². The van der Waals surface area contributed by atoms with Gasteiger partial charge in [0, 0.05) is 30.1 Å². The molecule has 0 spiro atoms. The second-order valence-electron chi connectivity index (χ2n) is 7.63. The van der Waals surface area contributed by atoms with Crippen LogP contribution in [0.5, 0.6) is 5.75 Å². The highest BCUT2D eigenvalue weighted by Gasteiger charge is 2.18. The summed E-state index contributed by atoms with van der Waals surface area (Å²) >= 11 is 0. The maximum atomic E-state index is 13.8. The molecule has 0 fully saturated rings. The zero-order valence-electron chi connectivity index (χ0n) is 19.1. The molecule has 1 N–H and O–H groups in total. The lowest BCUT2D eigenvalue weighted by molar-refractivity contribution is 0.0992. The Kier molecular flexibility index (Phi) is 6.18. The number of methoxy groups -OCH3 is 2. The number of anilines is 2. The molecule has 0 aliphatic rings. The van der Waals surface area contributed by atoms with Crippen LogP contribution in [0.2, 0.25) is 0 Å². The quantitative estimate of drug-likeness (QED) is 0.455. The van der Waals surface area contributed by atoms with Gasteiger partial charge in [-0.1, -0.05) is 12.1 Å². The summed E-state index contributed by atoms with van der Waals surface area (Å²) in [7, 11) is 4.31. The first-order valence-electron chi connectivity index (χ1n) is 10.4. The highest BCUT2D eigenvalue weighted by molar-refractivity contribution is 6.06. The molecule has 174 valence electrons. The average Bonchev–Trinajstić information content (AvgIpc) is 3.28. The van der Waals surface area contributed by atoms with E-state index in [1.165, 1.54) is 37.3 Å². The van der Waals surface area contributed by atoms with Gasteiger partial charge in [0.2, 0.25) is 0 Å². The molecule has 4 aromatic rings. The van der Waals surface area contributed by atoms with E-state index in [9.17, 15) is 14.0 Å². The monoisotopic (exact) mass is 462 g/mol. The second-order valence-corrected chi connectivity index (χ2v) is 7.63. The van der Waals surface area contributed by atoms with E-state index >= 15 is 0 Å². The molecule has 0 atom stereocenters. The number of rotatable bonds is 5. The number of ether oxygens (including phenoxy) is 2. The summed E-state index contributed by atoms with van der Waals surface area (Å²) in [5, 5.41) is 2.61. The fourth-order valence-electron chi connectivity index (χ4n) is 3.63. The summed E-state index contributed by atoms with van der Waals surface area (Å²) in [6.45, 7) is 1.91. The molecule has 34 heavy (non-hydrogen) atoms. The number of halogens is 1. The lowest BCUT2D eigenvalue weighted by atomic mass is 10.1. The summed E-state index contributed by atoms with van der Waals surface area (Å²) in [6.07, 6.45) is 3.03. The molecule has 0 aliphatic carbocycles. The number of fused-ring (bicyclic) bond motifs is 1. The van der Waals surface area contributed by atoms with Gasteiger partial charge in [0.1, 0.15) is 5.65 Å². The molecule has 0 saturated carbocycles. The first-order chi connectivity index (χ1) is 16.3. The van der Waals surface area contributed by atoms with Gasteiger partial charge >= 0.3 is 6.09 Å². The molecular formula is C25H23FN4O4. The topological polar surface area (TPSA) is 85.2 Å². The summed E-state index contributed by atoms with van der Waals surface area (Å²) in [5.74, 6) is -0.834. The van der Waals surface area contributed by atoms with Gasteiger partial charge in [-0.05, 0) is 48.9 Å². The van der Waals surface area contributed by atoms with Crippen LogP contribution in [-0.4, -0.2) is 42.7 Å². The van der Waals surface area contributed by atoms with Gasteiger partial charge in [0.05, 0.1) is 31.8 Å². The molecule has 4 rings (SSSR count). The number of benzene rings is 2. The fraction of sp³-hybridized carbons (Fsp3) is 0.160. The van der Waals surface area contributed by atoms with E-state index < -0.39 is 11.9 Å². The number of nitrogens with one attached hydrogen (secondary N) is 1. The van der Waals surface area contributed by atoms with Gasteiger partial charge in [-0.3, -0.25) is 14.5 Å². The van der Waals surface area contributed by atoms with Crippen LogP contribution in [0.25, 0.3) is 16.9 Å². The molecule has 8 nitrogen and oxygen atoms in total. The fourth-order valence-corrected chi connectivity index (χ4v) is 3.63. The van der Waals surface area contributed by atoms with E-state index in [-0.39, 0.29) is 11.7 Å². The molecule has 0 unspecified atom stereocenters. The lowest BCUT2D eigenvalue weighted by Crippen LogP contribution is -2.26. The first kappa shape index (κ1) is 22.8. The van der Waals surface area contributed by atoms with Crippen LogP contribution in [-0.2, 0) is 4.74 Å². The Morgan fingerprint density at radius 1 is 1.09 bits per heavy atom. The smallest absolute Gasteiger partial charge is 0.411 e. The summed E-state index contributed by atoms with van der Waals surface area (Å²) in [5.41, 5.74) is 4.86. The largest absolute Gasteiger partial charge is 0.494 e. The Hall–Kier alpha value is -4.40. The second kappa shape index (κ2) is 9.22. The normalized spacial score (nSPS) is 10.7. The van der Waals surface area contributed by atoms with Crippen molar-refractivity contribution in [2.75, 3.05) is 31.5 Å². The number of imidazole rings is 1. The van der Waals surface area contributed by atoms with Crippen molar-refractivity contribution in [3.8, 4) is 17.0 Å². The van der Waals surface area contributed by atoms with E-state index in [1.54, 1.807) is 25.4 Å². The maximum absolute atomic E-state index is 13.8. The van der Waals surface area contributed by atoms with Crippen LogP contribution in [0.3, 0.4) is 0 Å². The van der Waals surface area contributed by atoms with E-state index in [0.29, 0.717) is 16.9 Å². The van der Waals surface area contributed by atoms with E-state index in [1.807, 2.05) is 35.7 Å². The molecular weight excluding hydrogens is 439 g/mol. The number of hydrogen-bond donors (Lipinski definition) is 1. The molecule has 2 aromatic heterocycles. The van der Waals surface area contributed by atoms with Gasteiger partial charge in [-0.15, -0.1) is 0 Å². The van der Waals surface area contributed by atoms with Gasteiger partial charge < -0.3 is 14.4 Å². The third kappa shape index (κ3) is 4.27. The Balaban J connectivity index is 1.69. The van der Waals surface area contributed by atoms with Crippen molar-refractivity contribution < 1.29 is 23.5 Å². The van der Waals surface area contributed by atoms with Crippen LogP contribution < -0.4 is 15.0 Å². The molecule has 2 heterocycles. The molecule has 2 amide bonds. The highest BCUT2D eigenvalue weighted by Crippen LogP contribution is 2.28. The third-order valence-corrected chi connectivity index (χ3v) is 5.48. The molecule has 9 heteroatoms. The van der Waals surface area contributed by atoms with E-state index in [2.05, 4.69) is 15.0 Å². The Morgan fingerprint density at radius 2 is 1.82 bits per heavy atom. The molecule has 0 radical (unpaired) electrons. The number of aryl methyl sites for hydroxylation is 1. The van der Waals surface area contributed by atoms with Crippen molar-refractivity contribution in [2.24, 2.45) is 0 Å². The number of carbonyl (C=O) groups excluding carboxylic acids is 2. The van der Waals surface area contributed by atoms with Crippen LogP contribution >= 0.6 is 0 Å². The highest BCUT2D eigenvalue weighted by atomic mass is 19.1. The minimum absolute atomic E-state index is 0.00733. The summed E-state index contributed by atoms with van der Waals surface area (Å²) in [4.78, 5) is 30.5. The maximum Gasteiger partial charge on any atom is 0.411 e. The SMILES string of the molecule is COC(=O)Nc1ccc(-c2cnc3c(C)cc(N(C)C(=O)c4ccc(F)c(OC)c4)cn23)cc1. The summed E-state index contributed by atoms with van der Waals surface area (Å²) < 4.78 is 25.3. The minimum atomic E-state index is -0.547. The molecule has 0 saturated heterocycles. The van der Waals surface area contributed by atoms with Crippen molar-refractivity contribution in [1.29, 1.82) is 0 Å². The Morgan fingerprint density at radius 3 is 2.50 bits per heavy atom. The van der Waals surface area contributed by atoms with Crippen molar-refractivity contribution in [3.05, 3.63) is 77.9 Å². The number of carbonyl (C=O) groups is 2. The zero-order valence-corrected chi connectivity index (χ0v) is 19.1. The van der Waals surface area contributed by atoms with Crippen LogP contribution in [0.4, 0.5) is 20.6 Å². The number of aromatic nitrogens is 2. The molecule has 0 bridgehead atoms. The standard InChI is InChI=1S/C25H23FN4O4/c1-15-11-19(29(2)24(31)17-7-10-20(26)22(12-17)33-3)14-30-21(13-27-23(15)30)16-5-8-18(9-6-16)28-25(32)34-4/h5-14H,1-4H3,(H,28,32).